The van der Waals surface area contributed by atoms with Gasteiger partial charge < -0.3 is 34.6 Å². The number of carbonyl (C=O) groups excluding carboxylic acids is 1. The third-order valence-electron chi connectivity index (χ3n) is 5.89. The van der Waals surface area contributed by atoms with E-state index in [0.717, 1.165) is 11.6 Å². The topological polar surface area (TPSA) is 126 Å². The van der Waals surface area contributed by atoms with Crippen LogP contribution in [0.25, 0.3) is 0 Å². The van der Waals surface area contributed by atoms with Crippen LogP contribution in [0.3, 0.4) is 0 Å². The first-order valence-corrected chi connectivity index (χ1v) is 10.7. The number of ether oxygens (including phenoxy) is 3. The van der Waals surface area contributed by atoms with E-state index in [1.807, 2.05) is 19.9 Å². The van der Waals surface area contributed by atoms with Crippen LogP contribution in [0.4, 0.5) is 0 Å². The number of phenols is 2. The van der Waals surface area contributed by atoms with Gasteiger partial charge in [-0.05, 0) is 51.5 Å². The van der Waals surface area contributed by atoms with Gasteiger partial charge in [0, 0.05) is 17.7 Å². The van der Waals surface area contributed by atoms with Crippen LogP contribution in [0, 0.1) is 0 Å². The molecule has 0 aromatic heterocycles. The molecule has 0 aliphatic carbocycles. The predicted octanol–water partition coefficient (Wildman–Crippen LogP) is 3.71. The van der Waals surface area contributed by atoms with E-state index >= 15 is 0 Å². The molecule has 0 bridgehead atoms. The van der Waals surface area contributed by atoms with Gasteiger partial charge in [-0.15, -0.1) is 0 Å². The average molecular weight is 456 g/mol. The summed E-state index contributed by atoms with van der Waals surface area (Å²) in [6.07, 6.45) is -1.37. The SMILES string of the molecule is CC(C)=CCOc1cc([C@H]2CC(=O)c3c(O)cc(O)cc3O2)cc2c1OC(C)(C)[C@@H](O)[C@H]2O. The Morgan fingerprint density at radius 1 is 1.18 bits per heavy atom. The number of phenolic OH excluding ortho intramolecular Hbond substituents is 2. The number of fused-ring (bicyclic) bond motifs is 2. The van der Waals surface area contributed by atoms with E-state index in [-0.39, 0.29) is 41.6 Å². The van der Waals surface area contributed by atoms with Crippen LogP contribution in [0.2, 0.25) is 0 Å². The third-order valence-corrected chi connectivity index (χ3v) is 5.89. The second-order valence-electron chi connectivity index (χ2n) is 9.20. The molecule has 0 unspecified atom stereocenters. The summed E-state index contributed by atoms with van der Waals surface area (Å²) in [5.74, 6) is -0.192. The number of hydrogen-bond acceptors (Lipinski definition) is 8. The zero-order valence-corrected chi connectivity index (χ0v) is 19.0. The summed E-state index contributed by atoms with van der Waals surface area (Å²) >= 11 is 0. The molecule has 4 N–H and O–H groups in total. The molecule has 0 radical (unpaired) electrons. The monoisotopic (exact) mass is 456 g/mol. The van der Waals surface area contributed by atoms with Gasteiger partial charge in [-0.3, -0.25) is 4.79 Å². The maximum atomic E-state index is 12.7. The van der Waals surface area contributed by atoms with Gasteiger partial charge in [-0.2, -0.15) is 0 Å². The lowest BCUT2D eigenvalue weighted by molar-refractivity contribution is -0.112. The van der Waals surface area contributed by atoms with Crippen LogP contribution in [0.15, 0.2) is 35.9 Å². The van der Waals surface area contributed by atoms with Gasteiger partial charge >= 0.3 is 0 Å². The van der Waals surface area contributed by atoms with Gasteiger partial charge in [0.15, 0.2) is 17.3 Å². The lowest BCUT2D eigenvalue weighted by Crippen LogP contribution is -2.48. The highest BCUT2D eigenvalue weighted by molar-refractivity contribution is 6.02. The zero-order valence-electron chi connectivity index (χ0n) is 19.0. The minimum absolute atomic E-state index is 0.0163. The molecule has 2 aromatic carbocycles. The summed E-state index contributed by atoms with van der Waals surface area (Å²) in [6.45, 7) is 7.50. The second kappa shape index (κ2) is 8.28. The molecule has 2 aliphatic rings. The molecular weight excluding hydrogens is 428 g/mol. The number of ketones is 1. The van der Waals surface area contributed by atoms with Crippen LogP contribution in [-0.2, 0) is 0 Å². The summed E-state index contributed by atoms with van der Waals surface area (Å²) in [7, 11) is 0. The Kier molecular flexibility index (Phi) is 5.76. The number of rotatable bonds is 4. The number of allylic oxidation sites excluding steroid dienone is 1. The summed E-state index contributed by atoms with van der Waals surface area (Å²) in [5.41, 5.74) is 0.884. The number of aliphatic hydroxyl groups excluding tert-OH is 2. The van der Waals surface area contributed by atoms with Crippen LogP contribution in [-0.4, -0.2) is 44.5 Å². The zero-order chi connectivity index (χ0) is 24.1. The summed E-state index contributed by atoms with van der Waals surface area (Å²) in [4.78, 5) is 12.7. The van der Waals surface area contributed by atoms with Gasteiger partial charge in [-0.25, -0.2) is 0 Å². The molecule has 8 nitrogen and oxygen atoms in total. The molecule has 2 heterocycles. The molecule has 2 aromatic rings. The second-order valence-corrected chi connectivity index (χ2v) is 9.20. The first kappa shape index (κ1) is 22.9. The van der Waals surface area contributed by atoms with Crippen molar-refractivity contribution in [1.29, 1.82) is 0 Å². The van der Waals surface area contributed by atoms with E-state index < -0.39 is 23.9 Å². The van der Waals surface area contributed by atoms with E-state index in [1.165, 1.54) is 6.07 Å². The Labute approximate surface area is 191 Å². The van der Waals surface area contributed by atoms with Gasteiger partial charge in [-0.1, -0.05) is 5.57 Å². The number of hydrogen-bond donors (Lipinski definition) is 4. The van der Waals surface area contributed by atoms with E-state index in [0.29, 0.717) is 22.6 Å². The van der Waals surface area contributed by atoms with Crippen LogP contribution in [0.5, 0.6) is 28.7 Å². The predicted molar refractivity (Wildman–Crippen MR) is 119 cm³/mol. The number of aromatic hydroxyl groups is 2. The number of Topliss-reactive ketones (excluding diaryl/α,β-unsaturated/α-hetero) is 1. The first-order valence-electron chi connectivity index (χ1n) is 10.7. The number of benzene rings is 2. The van der Waals surface area contributed by atoms with Gasteiger partial charge in [0.2, 0.25) is 0 Å². The molecule has 2 aliphatic heterocycles. The van der Waals surface area contributed by atoms with Crippen molar-refractivity contribution in [2.45, 2.75) is 58.0 Å². The molecule has 176 valence electrons. The smallest absolute Gasteiger partial charge is 0.174 e. The fourth-order valence-corrected chi connectivity index (χ4v) is 4.05. The Morgan fingerprint density at radius 3 is 2.61 bits per heavy atom. The largest absolute Gasteiger partial charge is 0.508 e. The Balaban J connectivity index is 1.78. The fourth-order valence-electron chi connectivity index (χ4n) is 4.05. The van der Waals surface area contributed by atoms with Crippen molar-refractivity contribution >= 4 is 5.78 Å². The molecule has 0 saturated heterocycles. The van der Waals surface area contributed by atoms with Crippen molar-refractivity contribution in [2.24, 2.45) is 0 Å². The van der Waals surface area contributed by atoms with Gasteiger partial charge in [0.25, 0.3) is 0 Å². The lowest BCUT2D eigenvalue weighted by atomic mass is 9.86. The van der Waals surface area contributed by atoms with Crippen molar-refractivity contribution in [3.63, 3.8) is 0 Å². The molecule has 0 saturated carbocycles. The Bertz CT molecular complexity index is 1130. The summed E-state index contributed by atoms with van der Waals surface area (Å²) in [5, 5.41) is 41.3. The molecule has 0 spiro atoms. The van der Waals surface area contributed by atoms with Crippen molar-refractivity contribution in [1.82, 2.24) is 0 Å². The fraction of sp³-hybridized carbons (Fsp3) is 0.400. The molecule has 3 atom stereocenters. The standard InChI is InChI=1S/C25H28O8/c1-12(2)5-6-31-20-8-13(7-15-22(29)24(30)25(3,4)33-23(15)20)18-11-17(28)21-16(27)9-14(26)10-19(21)32-18/h5,7-10,18,22,24,26-27,29-30H,6,11H2,1-4H3/t18-,22+,24+/m1/s1. The van der Waals surface area contributed by atoms with Crippen molar-refractivity contribution in [3.05, 3.63) is 52.6 Å². The number of carbonyl (C=O) groups is 1. The van der Waals surface area contributed by atoms with Crippen molar-refractivity contribution < 1.29 is 39.4 Å². The van der Waals surface area contributed by atoms with Crippen LogP contribution in [0.1, 0.15) is 67.8 Å². The van der Waals surface area contributed by atoms with Crippen LogP contribution >= 0.6 is 0 Å². The maximum Gasteiger partial charge on any atom is 0.174 e. The molecule has 33 heavy (non-hydrogen) atoms. The summed E-state index contributed by atoms with van der Waals surface area (Å²) in [6, 6.07) is 5.67. The van der Waals surface area contributed by atoms with Crippen molar-refractivity contribution in [2.75, 3.05) is 6.61 Å². The quantitative estimate of drug-likeness (QED) is 0.513. The van der Waals surface area contributed by atoms with E-state index in [4.69, 9.17) is 14.2 Å². The van der Waals surface area contributed by atoms with E-state index in [1.54, 1.807) is 26.0 Å². The highest BCUT2D eigenvalue weighted by Gasteiger charge is 2.44. The highest BCUT2D eigenvalue weighted by atomic mass is 16.5. The molecule has 4 rings (SSSR count). The molecule has 8 heteroatoms. The normalized spacial score (nSPS) is 23.0. The third kappa shape index (κ3) is 4.24. The molecule has 0 amide bonds. The Morgan fingerprint density at radius 2 is 1.91 bits per heavy atom. The Hall–Kier alpha value is -3.23. The molecular formula is C25H28O8. The van der Waals surface area contributed by atoms with E-state index in [9.17, 15) is 25.2 Å². The summed E-state index contributed by atoms with van der Waals surface area (Å²) < 4.78 is 17.9. The van der Waals surface area contributed by atoms with Gasteiger partial charge in [0.05, 0.1) is 6.42 Å². The van der Waals surface area contributed by atoms with E-state index in [2.05, 4.69) is 0 Å². The highest BCUT2D eigenvalue weighted by Crippen LogP contribution is 2.48. The number of aliphatic hydroxyl groups is 2. The lowest BCUT2D eigenvalue weighted by Gasteiger charge is -2.41. The maximum absolute atomic E-state index is 12.7. The van der Waals surface area contributed by atoms with Gasteiger partial charge in [0.1, 0.15) is 53.3 Å². The first-order chi connectivity index (χ1) is 15.5. The molecule has 0 fully saturated rings. The van der Waals surface area contributed by atoms with Crippen LogP contribution < -0.4 is 14.2 Å². The minimum atomic E-state index is -1.24. The van der Waals surface area contributed by atoms with Crippen molar-refractivity contribution in [3.8, 4) is 28.7 Å². The average Bonchev–Trinajstić information content (AvgIpc) is 2.71. The minimum Gasteiger partial charge on any atom is -0.508 e.